The first-order chi connectivity index (χ1) is 7.91. The highest BCUT2D eigenvalue weighted by Gasteiger charge is 2.26. The summed E-state index contributed by atoms with van der Waals surface area (Å²) in [4.78, 5) is 0. The lowest BCUT2D eigenvalue weighted by atomic mass is 9.93. The van der Waals surface area contributed by atoms with Gasteiger partial charge in [0.15, 0.2) is 0 Å². The summed E-state index contributed by atoms with van der Waals surface area (Å²) in [6.45, 7) is 4.39. The Morgan fingerprint density at radius 3 is 2.53 bits per heavy atom. The first-order valence-corrected chi connectivity index (χ1v) is 7.97. The molecule has 0 aromatic carbocycles. The third-order valence-electron chi connectivity index (χ3n) is 2.98. The predicted octanol–water partition coefficient (Wildman–Crippen LogP) is 0.207. The van der Waals surface area contributed by atoms with Crippen molar-refractivity contribution in [1.82, 2.24) is 10.0 Å². The third-order valence-corrected chi connectivity index (χ3v) is 4.39. The summed E-state index contributed by atoms with van der Waals surface area (Å²) >= 11 is 0. The van der Waals surface area contributed by atoms with Crippen molar-refractivity contribution in [1.29, 1.82) is 0 Å². The van der Waals surface area contributed by atoms with Crippen LogP contribution in [0, 0.1) is 0 Å². The molecule has 3 N–H and O–H groups in total. The minimum Gasteiger partial charge on any atom is -0.391 e. The highest BCUT2D eigenvalue weighted by molar-refractivity contribution is 7.89. The zero-order valence-electron chi connectivity index (χ0n) is 10.6. The highest BCUT2D eigenvalue weighted by Crippen LogP contribution is 2.18. The van der Waals surface area contributed by atoms with E-state index in [2.05, 4.69) is 10.0 Å². The van der Waals surface area contributed by atoms with Crippen molar-refractivity contribution in [3.63, 3.8) is 0 Å². The molecule has 0 bridgehead atoms. The van der Waals surface area contributed by atoms with Crippen molar-refractivity contribution in [2.75, 3.05) is 12.3 Å². The number of nitrogens with one attached hydrogen (secondary N) is 2. The van der Waals surface area contributed by atoms with Gasteiger partial charge in [0, 0.05) is 18.6 Å². The minimum absolute atomic E-state index is 0.0639. The summed E-state index contributed by atoms with van der Waals surface area (Å²) in [6.07, 6.45) is 2.86. The fourth-order valence-corrected chi connectivity index (χ4v) is 3.26. The summed E-state index contributed by atoms with van der Waals surface area (Å²) in [5, 5.41) is 12.8. The van der Waals surface area contributed by atoms with E-state index in [1.807, 2.05) is 13.8 Å². The normalized spacial score (nSPS) is 26.4. The molecule has 1 saturated carbocycles. The Labute approximate surface area is 104 Å². The summed E-state index contributed by atoms with van der Waals surface area (Å²) in [6, 6.07) is -0.0155. The summed E-state index contributed by atoms with van der Waals surface area (Å²) in [7, 11) is -3.28. The maximum Gasteiger partial charge on any atom is 0.213 e. The van der Waals surface area contributed by atoms with E-state index in [1.165, 1.54) is 0 Å². The van der Waals surface area contributed by atoms with Crippen molar-refractivity contribution in [2.45, 2.75) is 57.7 Å². The molecule has 0 aromatic rings. The molecule has 2 atom stereocenters. The van der Waals surface area contributed by atoms with Crippen LogP contribution in [0.2, 0.25) is 0 Å². The van der Waals surface area contributed by atoms with Gasteiger partial charge >= 0.3 is 0 Å². The van der Waals surface area contributed by atoms with Gasteiger partial charge in [0.05, 0.1) is 11.9 Å². The van der Waals surface area contributed by atoms with Gasteiger partial charge in [-0.25, -0.2) is 13.1 Å². The standard InChI is InChI=1S/C11H24N2O3S/c1-9(2)12-7-8-17(15,16)13-10-5-3-4-6-11(10)14/h9-14H,3-8H2,1-2H3. The van der Waals surface area contributed by atoms with Crippen LogP contribution in [0.1, 0.15) is 39.5 Å². The first kappa shape index (κ1) is 14.9. The van der Waals surface area contributed by atoms with E-state index >= 15 is 0 Å². The smallest absolute Gasteiger partial charge is 0.213 e. The largest absolute Gasteiger partial charge is 0.391 e. The lowest BCUT2D eigenvalue weighted by molar-refractivity contribution is 0.101. The Hall–Kier alpha value is -0.170. The van der Waals surface area contributed by atoms with E-state index in [0.717, 1.165) is 19.3 Å². The molecule has 0 amide bonds. The molecular weight excluding hydrogens is 240 g/mol. The van der Waals surface area contributed by atoms with Gasteiger partial charge < -0.3 is 10.4 Å². The van der Waals surface area contributed by atoms with Crippen LogP contribution in [-0.2, 0) is 10.0 Å². The topological polar surface area (TPSA) is 78.4 Å². The lowest BCUT2D eigenvalue weighted by Gasteiger charge is -2.28. The van der Waals surface area contributed by atoms with Crippen molar-refractivity contribution in [2.24, 2.45) is 0 Å². The summed E-state index contributed by atoms with van der Waals surface area (Å²) < 4.78 is 26.1. The van der Waals surface area contributed by atoms with Gasteiger partial charge in [-0.3, -0.25) is 0 Å². The second kappa shape index (κ2) is 6.68. The number of rotatable bonds is 6. The first-order valence-electron chi connectivity index (χ1n) is 6.32. The van der Waals surface area contributed by atoms with E-state index in [4.69, 9.17) is 0 Å². The van der Waals surface area contributed by atoms with E-state index in [9.17, 15) is 13.5 Å². The molecule has 1 aliphatic carbocycles. The SMILES string of the molecule is CC(C)NCCS(=O)(=O)NC1CCCCC1O. The van der Waals surface area contributed by atoms with Crippen molar-refractivity contribution in [3.8, 4) is 0 Å². The lowest BCUT2D eigenvalue weighted by Crippen LogP contribution is -2.47. The van der Waals surface area contributed by atoms with Gasteiger partial charge in [-0.05, 0) is 12.8 Å². The van der Waals surface area contributed by atoms with Crippen LogP contribution in [0.5, 0.6) is 0 Å². The molecule has 5 nitrogen and oxygen atoms in total. The zero-order valence-corrected chi connectivity index (χ0v) is 11.5. The summed E-state index contributed by atoms with van der Waals surface area (Å²) in [5.41, 5.74) is 0. The van der Waals surface area contributed by atoms with Gasteiger partial charge in [-0.1, -0.05) is 26.7 Å². The van der Waals surface area contributed by atoms with E-state index in [0.29, 0.717) is 13.0 Å². The number of hydrogen-bond donors (Lipinski definition) is 3. The van der Waals surface area contributed by atoms with E-state index in [-0.39, 0.29) is 17.8 Å². The molecule has 0 aromatic heterocycles. The molecule has 0 saturated heterocycles. The molecule has 0 spiro atoms. The number of aliphatic hydroxyl groups excluding tert-OH is 1. The fourth-order valence-electron chi connectivity index (χ4n) is 2.02. The molecule has 0 radical (unpaired) electrons. The van der Waals surface area contributed by atoms with Crippen LogP contribution in [0.3, 0.4) is 0 Å². The van der Waals surface area contributed by atoms with E-state index < -0.39 is 16.1 Å². The molecule has 0 aliphatic heterocycles. The number of hydrogen-bond acceptors (Lipinski definition) is 4. The maximum atomic E-state index is 11.8. The monoisotopic (exact) mass is 264 g/mol. The maximum absolute atomic E-state index is 11.8. The van der Waals surface area contributed by atoms with Gasteiger partial charge in [0.25, 0.3) is 0 Å². The zero-order chi connectivity index (χ0) is 12.9. The Balaban J connectivity index is 2.37. The minimum atomic E-state index is -3.28. The van der Waals surface area contributed by atoms with Crippen LogP contribution >= 0.6 is 0 Å². The van der Waals surface area contributed by atoms with Crippen molar-refractivity contribution >= 4 is 10.0 Å². The van der Waals surface area contributed by atoms with Crippen LogP contribution < -0.4 is 10.0 Å². The summed E-state index contributed by atoms with van der Waals surface area (Å²) in [5.74, 6) is 0.0639. The van der Waals surface area contributed by atoms with Gasteiger partial charge in [0.2, 0.25) is 10.0 Å². The number of sulfonamides is 1. The molecular formula is C11H24N2O3S. The molecule has 0 heterocycles. The average molecular weight is 264 g/mol. The molecule has 6 heteroatoms. The predicted molar refractivity (Wildman–Crippen MR) is 68.3 cm³/mol. The molecule has 2 unspecified atom stereocenters. The molecule has 17 heavy (non-hydrogen) atoms. The molecule has 1 aliphatic rings. The highest BCUT2D eigenvalue weighted by atomic mass is 32.2. The Bertz CT molecular complexity index is 317. The Kier molecular flexibility index (Phi) is 5.85. The third kappa shape index (κ3) is 5.81. The molecule has 1 fully saturated rings. The van der Waals surface area contributed by atoms with Crippen LogP contribution in [-0.4, -0.2) is 44.0 Å². The van der Waals surface area contributed by atoms with Crippen LogP contribution in [0.4, 0.5) is 0 Å². The fraction of sp³-hybridized carbons (Fsp3) is 1.00. The average Bonchev–Trinajstić information content (AvgIpc) is 2.20. The van der Waals surface area contributed by atoms with Crippen molar-refractivity contribution in [3.05, 3.63) is 0 Å². The molecule has 102 valence electrons. The molecule has 1 rings (SSSR count). The van der Waals surface area contributed by atoms with Crippen LogP contribution in [0.25, 0.3) is 0 Å². The second-order valence-corrected chi connectivity index (χ2v) is 6.88. The van der Waals surface area contributed by atoms with Gasteiger partial charge in [-0.2, -0.15) is 0 Å². The Morgan fingerprint density at radius 1 is 1.29 bits per heavy atom. The Morgan fingerprint density at radius 2 is 1.94 bits per heavy atom. The van der Waals surface area contributed by atoms with Crippen LogP contribution in [0.15, 0.2) is 0 Å². The quantitative estimate of drug-likeness (QED) is 0.641. The van der Waals surface area contributed by atoms with E-state index in [1.54, 1.807) is 0 Å². The van der Waals surface area contributed by atoms with Gasteiger partial charge in [0.1, 0.15) is 0 Å². The van der Waals surface area contributed by atoms with Crippen molar-refractivity contribution < 1.29 is 13.5 Å². The van der Waals surface area contributed by atoms with Gasteiger partial charge in [-0.15, -0.1) is 0 Å². The second-order valence-electron chi connectivity index (χ2n) is 5.00. The number of aliphatic hydroxyl groups is 1.